The third-order valence-corrected chi connectivity index (χ3v) is 2.34. The van der Waals surface area contributed by atoms with Crippen LogP contribution in [0.15, 0.2) is 24.3 Å². The number of benzene rings is 1. The van der Waals surface area contributed by atoms with Crippen LogP contribution in [0.25, 0.3) is 0 Å². The van der Waals surface area contributed by atoms with Gasteiger partial charge in [-0.05, 0) is 18.6 Å². The van der Waals surface area contributed by atoms with Gasteiger partial charge in [-0.15, -0.1) is 0 Å². The summed E-state index contributed by atoms with van der Waals surface area (Å²) in [5.74, 6) is 0. The van der Waals surface area contributed by atoms with Crippen molar-refractivity contribution in [1.29, 1.82) is 0 Å². The van der Waals surface area contributed by atoms with Crippen molar-refractivity contribution in [3.63, 3.8) is 0 Å². The maximum Gasteiger partial charge on any atom is 0.263 e. The highest BCUT2D eigenvalue weighted by molar-refractivity contribution is 14.1. The van der Waals surface area contributed by atoms with Gasteiger partial charge in [0.2, 0.25) is 0 Å². The highest BCUT2D eigenvalue weighted by atomic mass is 127. The Labute approximate surface area is 84.1 Å². The zero-order chi connectivity index (χ0) is 9.14. The molecule has 1 aromatic rings. The van der Waals surface area contributed by atoms with Crippen molar-refractivity contribution in [2.75, 3.05) is 0 Å². The van der Waals surface area contributed by atoms with Crippen LogP contribution < -0.4 is 0 Å². The van der Waals surface area contributed by atoms with Crippen LogP contribution in [-0.2, 0) is 0 Å². The highest BCUT2D eigenvalue weighted by Gasteiger charge is 2.08. The summed E-state index contributed by atoms with van der Waals surface area (Å²) in [6, 6.07) is 6.55. The lowest BCUT2D eigenvalue weighted by Gasteiger charge is -2.05. The van der Waals surface area contributed by atoms with Crippen molar-refractivity contribution in [3.8, 4) is 0 Å². The van der Waals surface area contributed by atoms with E-state index in [2.05, 4.69) is 22.6 Å². The molecule has 0 aliphatic heterocycles. The molecule has 12 heavy (non-hydrogen) atoms. The van der Waals surface area contributed by atoms with E-state index < -0.39 is 6.43 Å². The largest absolute Gasteiger partial charge is 0.263 e. The molecule has 1 atom stereocenters. The molecule has 1 rings (SSSR count). The Bertz CT molecular complexity index is 235. The lowest BCUT2D eigenvalue weighted by Crippen LogP contribution is -1.88. The predicted octanol–water partition coefficient (Wildman–Crippen LogP) is 4.12. The summed E-state index contributed by atoms with van der Waals surface area (Å²) in [6.45, 7) is 1.98. The van der Waals surface area contributed by atoms with Crippen LogP contribution in [0, 0.1) is 0 Å². The summed E-state index contributed by atoms with van der Waals surface area (Å²) in [7, 11) is 0. The SMILES string of the molecule is C[C@@H](I)c1cccc(C(F)F)c1. The number of hydrogen-bond donors (Lipinski definition) is 0. The van der Waals surface area contributed by atoms with Gasteiger partial charge >= 0.3 is 0 Å². The Hall–Kier alpha value is -0.190. The first-order chi connectivity index (χ1) is 5.61. The quantitative estimate of drug-likeness (QED) is 0.565. The third-order valence-electron chi connectivity index (χ3n) is 1.62. The van der Waals surface area contributed by atoms with Crippen LogP contribution in [0.2, 0.25) is 0 Å². The van der Waals surface area contributed by atoms with Gasteiger partial charge in [0.05, 0.1) is 0 Å². The number of alkyl halides is 3. The molecule has 0 saturated heterocycles. The maximum absolute atomic E-state index is 12.2. The van der Waals surface area contributed by atoms with E-state index in [1.165, 1.54) is 6.07 Å². The molecule has 0 saturated carbocycles. The molecule has 0 aliphatic carbocycles. The van der Waals surface area contributed by atoms with Gasteiger partial charge < -0.3 is 0 Å². The average molecular weight is 282 g/mol. The standard InChI is InChI=1S/C9H9F2I/c1-6(12)7-3-2-4-8(5-7)9(10)11/h2-6,9H,1H3/t6-/m1/s1. The Morgan fingerprint density at radius 1 is 1.25 bits per heavy atom. The monoisotopic (exact) mass is 282 g/mol. The van der Waals surface area contributed by atoms with Crippen molar-refractivity contribution in [2.24, 2.45) is 0 Å². The van der Waals surface area contributed by atoms with Gasteiger partial charge in [-0.3, -0.25) is 0 Å². The smallest absolute Gasteiger partial charge is 0.205 e. The Balaban J connectivity index is 2.96. The minimum absolute atomic E-state index is 0.107. The number of hydrogen-bond acceptors (Lipinski definition) is 0. The van der Waals surface area contributed by atoms with E-state index in [-0.39, 0.29) is 9.49 Å². The van der Waals surface area contributed by atoms with E-state index >= 15 is 0 Å². The Morgan fingerprint density at radius 3 is 2.33 bits per heavy atom. The van der Waals surface area contributed by atoms with Crippen molar-refractivity contribution in [2.45, 2.75) is 17.3 Å². The molecule has 0 N–H and O–H groups in total. The van der Waals surface area contributed by atoms with E-state index in [1.807, 2.05) is 13.0 Å². The Kier molecular flexibility index (Phi) is 3.43. The molecule has 0 spiro atoms. The summed E-state index contributed by atoms with van der Waals surface area (Å²) < 4.78 is 24.7. The fourth-order valence-corrected chi connectivity index (χ4v) is 1.33. The van der Waals surface area contributed by atoms with Gasteiger partial charge in [-0.2, -0.15) is 0 Å². The molecule has 0 aliphatic rings. The van der Waals surface area contributed by atoms with E-state index in [1.54, 1.807) is 12.1 Å². The first-order valence-electron chi connectivity index (χ1n) is 3.63. The summed E-state index contributed by atoms with van der Waals surface area (Å²) in [5, 5.41) is 0. The van der Waals surface area contributed by atoms with Crippen LogP contribution in [0.4, 0.5) is 8.78 Å². The molecule has 0 radical (unpaired) electrons. The van der Waals surface area contributed by atoms with Gasteiger partial charge in [0.15, 0.2) is 0 Å². The van der Waals surface area contributed by atoms with Crippen LogP contribution in [0.3, 0.4) is 0 Å². The summed E-state index contributed by atoms with van der Waals surface area (Å²) in [5.41, 5.74) is 1.06. The molecule has 0 unspecified atom stereocenters. The predicted molar refractivity (Wildman–Crippen MR) is 53.8 cm³/mol. The second-order valence-corrected chi connectivity index (χ2v) is 4.46. The van der Waals surface area contributed by atoms with Crippen LogP contribution in [-0.4, -0.2) is 0 Å². The number of rotatable bonds is 2. The first-order valence-corrected chi connectivity index (χ1v) is 4.88. The lowest BCUT2D eigenvalue weighted by molar-refractivity contribution is 0.151. The minimum atomic E-state index is -2.36. The summed E-state index contributed by atoms with van der Waals surface area (Å²) in [6.07, 6.45) is -2.36. The molecule has 1 aromatic carbocycles. The molecule has 0 fully saturated rings. The molecule has 66 valence electrons. The normalized spacial score (nSPS) is 13.4. The summed E-state index contributed by atoms with van der Waals surface area (Å²) in [4.78, 5) is 0. The van der Waals surface area contributed by atoms with Crippen molar-refractivity contribution >= 4 is 22.6 Å². The second-order valence-electron chi connectivity index (χ2n) is 2.59. The molecule has 0 aromatic heterocycles. The van der Waals surface area contributed by atoms with Gasteiger partial charge in [0.1, 0.15) is 0 Å². The van der Waals surface area contributed by atoms with Gasteiger partial charge in [-0.1, -0.05) is 40.8 Å². The van der Waals surface area contributed by atoms with Crippen LogP contribution in [0.1, 0.15) is 28.4 Å². The summed E-state index contributed by atoms with van der Waals surface area (Å²) >= 11 is 2.20. The lowest BCUT2D eigenvalue weighted by atomic mass is 10.1. The molecule has 0 heterocycles. The first kappa shape index (κ1) is 9.89. The van der Waals surface area contributed by atoms with Crippen LogP contribution >= 0.6 is 22.6 Å². The fraction of sp³-hybridized carbons (Fsp3) is 0.333. The Morgan fingerprint density at radius 2 is 1.83 bits per heavy atom. The van der Waals surface area contributed by atoms with Gasteiger partial charge in [-0.25, -0.2) is 8.78 Å². The third kappa shape index (κ3) is 2.40. The van der Waals surface area contributed by atoms with Crippen LogP contribution in [0.5, 0.6) is 0 Å². The maximum atomic E-state index is 12.2. The second kappa shape index (κ2) is 4.16. The topological polar surface area (TPSA) is 0 Å². The molecule has 0 bridgehead atoms. The fourth-order valence-electron chi connectivity index (χ4n) is 0.942. The zero-order valence-electron chi connectivity index (χ0n) is 6.60. The minimum Gasteiger partial charge on any atom is -0.205 e. The van der Waals surface area contributed by atoms with E-state index in [4.69, 9.17) is 0 Å². The molecule has 0 nitrogen and oxygen atoms in total. The zero-order valence-corrected chi connectivity index (χ0v) is 8.76. The van der Waals surface area contributed by atoms with Crippen molar-refractivity contribution in [1.82, 2.24) is 0 Å². The van der Waals surface area contributed by atoms with E-state index in [0.29, 0.717) is 0 Å². The van der Waals surface area contributed by atoms with Gasteiger partial charge in [0, 0.05) is 9.49 Å². The molecule has 0 amide bonds. The van der Waals surface area contributed by atoms with Gasteiger partial charge in [0.25, 0.3) is 6.43 Å². The van der Waals surface area contributed by atoms with Crippen molar-refractivity contribution < 1.29 is 8.78 Å². The van der Waals surface area contributed by atoms with E-state index in [0.717, 1.165) is 5.56 Å². The average Bonchev–Trinajstić information content (AvgIpc) is 2.04. The number of halogens is 3. The molecular formula is C9H9F2I. The highest BCUT2D eigenvalue weighted by Crippen LogP contribution is 2.26. The van der Waals surface area contributed by atoms with Crippen molar-refractivity contribution in [3.05, 3.63) is 35.4 Å². The molecule has 3 heteroatoms. The molecular weight excluding hydrogens is 273 g/mol. The van der Waals surface area contributed by atoms with E-state index in [9.17, 15) is 8.78 Å².